The zero-order chi connectivity index (χ0) is 13.5. The van der Waals surface area contributed by atoms with E-state index < -0.39 is 10.0 Å². The highest BCUT2D eigenvalue weighted by molar-refractivity contribution is 7.88. The summed E-state index contributed by atoms with van der Waals surface area (Å²) in [7, 11) is -3.13. The molecule has 0 aromatic rings. The van der Waals surface area contributed by atoms with Crippen molar-refractivity contribution in [3.8, 4) is 0 Å². The third-order valence-corrected chi connectivity index (χ3v) is 5.04. The first kappa shape index (κ1) is 13.7. The van der Waals surface area contributed by atoms with Gasteiger partial charge in [0.2, 0.25) is 10.0 Å². The van der Waals surface area contributed by atoms with E-state index in [9.17, 15) is 13.2 Å². The molecule has 1 unspecified atom stereocenters. The van der Waals surface area contributed by atoms with Crippen LogP contribution in [0.3, 0.4) is 0 Å². The number of carbonyl (C=O) groups is 1. The second kappa shape index (κ2) is 4.75. The van der Waals surface area contributed by atoms with E-state index in [-0.39, 0.29) is 18.0 Å². The lowest BCUT2D eigenvalue weighted by Crippen LogP contribution is -2.48. The number of hydrogen-bond acceptors (Lipinski definition) is 4. The molecule has 2 heterocycles. The quantitative estimate of drug-likeness (QED) is 0.696. The molecule has 2 aliphatic heterocycles. The van der Waals surface area contributed by atoms with Crippen molar-refractivity contribution in [1.29, 1.82) is 0 Å². The smallest absolute Gasteiger partial charge is 0.251 e. The monoisotopic (exact) mass is 291 g/mol. The molecule has 0 saturated carbocycles. The third kappa shape index (κ3) is 2.50. The topological polar surface area (TPSA) is 69.7 Å². The fourth-order valence-electron chi connectivity index (χ4n) is 2.40. The van der Waals surface area contributed by atoms with Crippen molar-refractivity contribution in [2.75, 3.05) is 19.3 Å². The van der Waals surface area contributed by atoms with Crippen LogP contribution in [0.4, 0.5) is 0 Å². The largest absolute Gasteiger partial charge is 0.351 e. The van der Waals surface area contributed by atoms with E-state index in [1.807, 2.05) is 0 Å². The Morgan fingerprint density at radius 2 is 1.89 bits per heavy atom. The van der Waals surface area contributed by atoms with Crippen LogP contribution in [0.2, 0.25) is 0 Å². The Hall–Kier alpha value is -0.730. The van der Waals surface area contributed by atoms with Crippen LogP contribution in [-0.4, -0.2) is 60.1 Å². The summed E-state index contributed by atoms with van der Waals surface area (Å²) in [6.45, 7) is 2.68. The van der Waals surface area contributed by atoms with E-state index in [1.165, 1.54) is 10.6 Å². The van der Waals surface area contributed by atoms with Crippen LogP contribution in [-0.2, 0) is 14.8 Å². The summed E-state index contributed by atoms with van der Waals surface area (Å²) in [5.74, 6) is -0.0159. The maximum Gasteiger partial charge on any atom is 0.251 e. The molecule has 0 aromatic carbocycles. The van der Waals surface area contributed by atoms with Gasteiger partial charge in [0.15, 0.2) is 5.11 Å². The SMILES string of the molecule is CC1NC(=S)N(C2CCN(S(C)(=O)=O)CC2)C1=O. The number of nitrogens with zero attached hydrogens (tertiary/aromatic N) is 2. The lowest BCUT2D eigenvalue weighted by atomic mass is 10.1. The average Bonchev–Trinajstić information content (AvgIpc) is 2.52. The Kier molecular flexibility index (Phi) is 3.61. The number of sulfonamides is 1. The molecule has 1 amide bonds. The first-order valence-corrected chi connectivity index (χ1v) is 8.15. The van der Waals surface area contributed by atoms with Gasteiger partial charge in [-0.3, -0.25) is 9.69 Å². The minimum absolute atomic E-state index is 0.0143. The minimum atomic E-state index is -3.13. The highest BCUT2D eigenvalue weighted by Gasteiger charge is 2.39. The van der Waals surface area contributed by atoms with Crippen LogP contribution >= 0.6 is 12.2 Å². The van der Waals surface area contributed by atoms with Gasteiger partial charge in [0.1, 0.15) is 6.04 Å². The fraction of sp³-hybridized carbons (Fsp3) is 0.800. The number of amides is 1. The molecule has 2 rings (SSSR count). The zero-order valence-corrected chi connectivity index (χ0v) is 12.1. The highest BCUT2D eigenvalue weighted by Crippen LogP contribution is 2.21. The minimum Gasteiger partial charge on any atom is -0.351 e. The van der Waals surface area contributed by atoms with Crippen molar-refractivity contribution in [3.05, 3.63) is 0 Å². The lowest BCUT2D eigenvalue weighted by molar-refractivity contribution is -0.128. The van der Waals surface area contributed by atoms with E-state index in [4.69, 9.17) is 12.2 Å². The summed E-state index contributed by atoms with van der Waals surface area (Å²) in [5.41, 5.74) is 0. The van der Waals surface area contributed by atoms with E-state index in [2.05, 4.69) is 5.32 Å². The maximum atomic E-state index is 11.9. The maximum absolute atomic E-state index is 11.9. The van der Waals surface area contributed by atoms with Gasteiger partial charge >= 0.3 is 0 Å². The standard InChI is InChI=1S/C10H17N3O3S2/c1-7-9(14)13(10(17)11-7)8-3-5-12(6-4-8)18(2,15)16/h7-8H,3-6H2,1-2H3,(H,11,17). The van der Waals surface area contributed by atoms with Gasteiger partial charge in [-0.15, -0.1) is 0 Å². The van der Waals surface area contributed by atoms with Gasteiger partial charge in [-0.1, -0.05) is 0 Å². The van der Waals surface area contributed by atoms with Gasteiger partial charge in [0.05, 0.1) is 6.26 Å². The predicted octanol–water partition coefficient (Wildman–Crippen LogP) is -0.484. The number of carbonyl (C=O) groups excluding carboxylic acids is 1. The molecule has 0 radical (unpaired) electrons. The van der Waals surface area contributed by atoms with Gasteiger partial charge in [0.25, 0.3) is 5.91 Å². The van der Waals surface area contributed by atoms with E-state index >= 15 is 0 Å². The van der Waals surface area contributed by atoms with Crippen molar-refractivity contribution >= 4 is 33.3 Å². The van der Waals surface area contributed by atoms with Crippen LogP contribution in [0, 0.1) is 0 Å². The molecule has 8 heteroatoms. The van der Waals surface area contributed by atoms with Gasteiger partial charge in [-0.05, 0) is 32.0 Å². The number of rotatable bonds is 2. The Morgan fingerprint density at radius 3 is 2.28 bits per heavy atom. The normalized spacial score (nSPS) is 27.7. The summed E-state index contributed by atoms with van der Waals surface area (Å²) in [6, 6.07) is -0.258. The second-order valence-electron chi connectivity index (χ2n) is 4.77. The first-order valence-electron chi connectivity index (χ1n) is 5.89. The summed E-state index contributed by atoms with van der Waals surface area (Å²) < 4.78 is 24.3. The summed E-state index contributed by atoms with van der Waals surface area (Å²) in [5, 5.41) is 3.39. The van der Waals surface area contributed by atoms with Gasteiger partial charge in [0, 0.05) is 19.1 Å². The molecule has 0 bridgehead atoms. The Labute approximate surface area is 112 Å². The molecule has 1 N–H and O–H groups in total. The van der Waals surface area contributed by atoms with Crippen molar-refractivity contribution in [3.63, 3.8) is 0 Å². The van der Waals surface area contributed by atoms with Crippen molar-refractivity contribution < 1.29 is 13.2 Å². The van der Waals surface area contributed by atoms with Gasteiger partial charge in [-0.25, -0.2) is 12.7 Å². The molecular weight excluding hydrogens is 274 g/mol. The van der Waals surface area contributed by atoms with Gasteiger partial charge < -0.3 is 5.32 Å². The van der Waals surface area contributed by atoms with Crippen molar-refractivity contribution in [2.24, 2.45) is 0 Å². The number of thiocarbonyl (C=S) groups is 1. The van der Waals surface area contributed by atoms with Crippen molar-refractivity contribution in [1.82, 2.24) is 14.5 Å². The summed E-state index contributed by atoms with van der Waals surface area (Å²) in [4.78, 5) is 13.5. The molecule has 2 saturated heterocycles. The fourth-order valence-corrected chi connectivity index (χ4v) is 3.69. The van der Waals surface area contributed by atoms with E-state index in [1.54, 1.807) is 11.8 Å². The second-order valence-corrected chi connectivity index (χ2v) is 7.14. The van der Waals surface area contributed by atoms with Crippen LogP contribution in [0.5, 0.6) is 0 Å². The molecule has 1 atom stereocenters. The number of piperidine rings is 1. The van der Waals surface area contributed by atoms with E-state index in [0.717, 1.165) is 0 Å². The molecule has 2 aliphatic rings. The molecule has 102 valence electrons. The highest BCUT2D eigenvalue weighted by atomic mass is 32.2. The predicted molar refractivity (Wildman–Crippen MR) is 71.5 cm³/mol. The number of hydrogen-bond donors (Lipinski definition) is 1. The third-order valence-electron chi connectivity index (χ3n) is 3.42. The molecular formula is C10H17N3O3S2. The zero-order valence-electron chi connectivity index (χ0n) is 10.4. The lowest BCUT2D eigenvalue weighted by Gasteiger charge is -2.34. The van der Waals surface area contributed by atoms with Crippen LogP contribution in [0.25, 0.3) is 0 Å². The molecule has 6 nitrogen and oxygen atoms in total. The average molecular weight is 291 g/mol. The van der Waals surface area contributed by atoms with Crippen molar-refractivity contribution in [2.45, 2.75) is 31.8 Å². The van der Waals surface area contributed by atoms with Crippen LogP contribution in [0.1, 0.15) is 19.8 Å². The Bertz CT molecular complexity index is 469. The number of nitrogens with one attached hydrogen (secondary N) is 1. The van der Waals surface area contributed by atoms with Crippen LogP contribution in [0.15, 0.2) is 0 Å². The summed E-state index contributed by atoms with van der Waals surface area (Å²) >= 11 is 5.14. The molecule has 18 heavy (non-hydrogen) atoms. The van der Waals surface area contributed by atoms with E-state index in [0.29, 0.717) is 31.0 Å². The van der Waals surface area contributed by atoms with Gasteiger partial charge in [-0.2, -0.15) is 0 Å². The Balaban J connectivity index is 2.02. The first-order chi connectivity index (χ1) is 8.30. The molecule has 0 aliphatic carbocycles. The summed E-state index contributed by atoms with van der Waals surface area (Å²) in [6.07, 6.45) is 2.48. The Morgan fingerprint density at radius 1 is 1.33 bits per heavy atom. The molecule has 2 fully saturated rings. The molecule has 0 spiro atoms. The van der Waals surface area contributed by atoms with Crippen LogP contribution < -0.4 is 5.32 Å². The molecule has 0 aromatic heterocycles.